The molecule has 118 valence electrons. The second-order valence-electron chi connectivity index (χ2n) is 7.70. The Labute approximate surface area is 133 Å². The van der Waals surface area contributed by atoms with E-state index in [1.807, 2.05) is 24.3 Å². The maximum Gasteiger partial charge on any atom is 0.494 e. The first-order valence-electron chi connectivity index (χ1n) is 8.23. The molecule has 0 radical (unpaired) electrons. The van der Waals surface area contributed by atoms with E-state index < -0.39 is 0 Å². The third-order valence-electron chi connectivity index (χ3n) is 5.09. The highest BCUT2D eigenvalue weighted by molar-refractivity contribution is 6.62. The number of rotatable bonds is 5. The molecule has 0 spiro atoms. The summed E-state index contributed by atoms with van der Waals surface area (Å²) in [6.45, 7) is 8.21. The first kappa shape index (κ1) is 15.8. The molecule has 2 fully saturated rings. The normalized spacial score (nSPS) is 22.8. The van der Waals surface area contributed by atoms with Gasteiger partial charge in [0.1, 0.15) is 5.78 Å². The van der Waals surface area contributed by atoms with Gasteiger partial charge in [0.15, 0.2) is 0 Å². The molecule has 3 nitrogen and oxygen atoms in total. The molecule has 1 aromatic carbocycles. The molecule has 1 aliphatic heterocycles. The highest BCUT2D eigenvalue weighted by Gasteiger charge is 2.51. The van der Waals surface area contributed by atoms with Crippen LogP contribution in [-0.2, 0) is 20.5 Å². The molecule has 1 aromatic rings. The van der Waals surface area contributed by atoms with E-state index in [0.29, 0.717) is 18.1 Å². The zero-order chi connectivity index (χ0) is 16.0. The van der Waals surface area contributed by atoms with Crippen LogP contribution in [0.4, 0.5) is 0 Å². The van der Waals surface area contributed by atoms with Crippen molar-refractivity contribution in [2.45, 2.75) is 64.6 Å². The molecule has 2 aliphatic rings. The standard InChI is InChI=1S/C18H25BO3/c1-17(2)18(3,4)22-19(21-17)15-7-5-6-14(10-15)12-16(20)11-13-8-9-13/h5-7,10,13H,8-9,11-12H2,1-4H3. The lowest BCUT2D eigenvalue weighted by Crippen LogP contribution is -2.41. The van der Waals surface area contributed by atoms with Gasteiger partial charge in [0.2, 0.25) is 0 Å². The number of benzene rings is 1. The number of hydrogen-bond donors (Lipinski definition) is 0. The fourth-order valence-corrected chi connectivity index (χ4v) is 2.77. The van der Waals surface area contributed by atoms with Crippen LogP contribution >= 0.6 is 0 Å². The Balaban J connectivity index is 1.70. The monoisotopic (exact) mass is 300 g/mol. The van der Waals surface area contributed by atoms with Crippen molar-refractivity contribution < 1.29 is 14.1 Å². The summed E-state index contributed by atoms with van der Waals surface area (Å²) in [6, 6.07) is 8.06. The Morgan fingerprint density at radius 1 is 1.18 bits per heavy atom. The second-order valence-corrected chi connectivity index (χ2v) is 7.70. The molecule has 4 heteroatoms. The first-order valence-corrected chi connectivity index (χ1v) is 8.23. The fraction of sp³-hybridized carbons (Fsp3) is 0.611. The maximum absolute atomic E-state index is 12.0. The van der Waals surface area contributed by atoms with Gasteiger partial charge in [0.05, 0.1) is 11.2 Å². The smallest absolute Gasteiger partial charge is 0.399 e. The van der Waals surface area contributed by atoms with Crippen molar-refractivity contribution in [3.8, 4) is 0 Å². The van der Waals surface area contributed by atoms with Gasteiger partial charge in [-0.15, -0.1) is 0 Å². The van der Waals surface area contributed by atoms with Gasteiger partial charge >= 0.3 is 7.12 Å². The van der Waals surface area contributed by atoms with E-state index in [2.05, 4.69) is 27.7 Å². The molecule has 3 rings (SSSR count). The summed E-state index contributed by atoms with van der Waals surface area (Å²) < 4.78 is 12.2. The highest BCUT2D eigenvalue weighted by Crippen LogP contribution is 2.36. The summed E-state index contributed by atoms with van der Waals surface area (Å²) >= 11 is 0. The zero-order valence-electron chi connectivity index (χ0n) is 14.0. The van der Waals surface area contributed by atoms with Gasteiger partial charge in [0, 0.05) is 12.8 Å². The number of ketones is 1. The van der Waals surface area contributed by atoms with Gasteiger partial charge in [-0.05, 0) is 57.5 Å². The average Bonchev–Trinajstić information content (AvgIpc) is 3.17. The lowest BCUT2D eigenvalue weighted by atomic mass is 9.78. The largest absolute Gasteiger partial charge is 0.494 e. The SMILES string of the molecule is CC1(C)OB(c2cccc(CC(=O)CC3CC3)c2)OC1(C)C. The van der Waals surface area contributed by atoms with Crippen LogP contribution in [0, 0.1) is 5.92 Å². The summed E-state index contributed by atoms with van der Waals surface area (Å²) in [5.74, 6) is 0.993. The van der Waals surface area contributed by atoms with Crippen molar-refractivity contribution in [3.05, 3.63) is 29.8 Å². The summed E-state index contributed by atoms with van der Waals surface area (Å²) in [5, 5.41) is 0. The lowest BCUT2D eigenvalue weighted by molar-refractivity contribution is -0.118. The van der Waals surface area contributed by atoms with E-state index in [4.69, 9.17) is 9.31 Å². The summed E-state index contributed by atoms with van der Waals surface area (Å²) in [5.41, 5.74) is 1.37. The summed E-state index contributed by atoms with van der Waals surface area (Å²) in [6.07, 6.45) is 3.70. The Bertz CT molecular complexity index is 559. The van der Waals surface area contributed by atoms with Crippen molar-refractivity contribution in [1.82, 2.24) is 0 Å². The van der Waals surface area contributed by atoms with E-state index in [9.17, 15) is 4.79 Å². The molecule has 1 saturated carbocycles. The van der Waals surface area contributed by atoms with Crippen LogP contribution in [0.15, 0.2) is 24.3 Å². The minimum atomic E-state index is -0.358. The molecule has 0 atom stereocenters. The van der Waals surface area contributed by atoms with Crippen molar-refractivity contribution in [3.63, 3.8) is 0 Å². The molecule has 22 heavy (non-hydrogen) atoms. The van der Waals surface area contributed by atoms with Crippen molar-refractivity contribution in [2.24, 2.45) is 5.92 Å². The molecule has 0 unspecified atom stereocenters. The Hall–Kier alpha value is -1.13. The molecule has 0 amide bonds. The van der Waals surface area contributed by atoms with Crippen LogP contribution in [0.3, 0.4) is 0 Å². The molecule has 0 bridgehead atoms. The van der Waals surface area contributed by atoms with E-state index in [1.165, 1.54) is 12.8 Å². The second kappa shape index (κ2) is 5.50. The third-order valence-corrected chi connectivity index (χ3v) is 5.09. The third kappa shape index (κ3) is 3.28. The van der Waals surface area contributed by atoms with Crippen LogP contribution in [0.1, 0.15) is 52.5 Å². The number of carbonyl (C=O) groups excluding carboxylic acids is 1. The van der Waals surface area contributed by atoms with Crippen molar-refractivity contribution >= 4 is 18.4 Å². The fourth-order valence-electron chi connectivity index (χ4n) is 2.77. The van der Waals surface area contributed by atoms with E-state index in [0.717, 1.165) is 17.4 Å². The van der Waals surface area contributed by atoms with Gasteiger partial charge in [0.25, 0.3) is 0 Å². The topological polar surface area (TPSA) is 35.5 Å². The minimum absolute atomic E-state index is 0.338. The molecule has 1 saturated heterocycles. The van der Waals surface area contributed by atoms with Crippen LogP contribution in [0.25, 0.3) is 0 Å². The summed E-state index contributed by atoms with van der Waals surface area (Å²) in [4.78, 5) is 12.0. The van der Waals surface area contributed by atoms with Gasteiger partial charge in [-0.1, -0.05) is 24.3 Å². The number of Topliss-reactive ketones (excluding diaryl/α,β-unsaturated/α-hetero) is 1. The molecule has 0 N–H and O–H groups in total. The van der Waals surface area contributed by atoms with Crippen molar-refractivity contribution in [1.29, 1.82) is 0 Å². The van der Waals surface area contributed by atoms with Crippen LogP contribution in [0.5, 0.6) is 0 Å². The Morgan fingerprint density at radius 3 is 2.41 bits per heavy atom. The van der Waals surface area contributed by atoms with E-state index >= 15 is 0 Å². The molecule has 1 aliphatic carbocycles. The van der Waals surface area contributed by atoms with Crippen LogP contribution in [-0.4, -0.2) is 24.1 Å². The highest BCUT2D eigenvalue weighted by atomic mass is 16.7. The summed E-state index contributed by atoms with van der Waals surface area (Å²) in [7, 11) is -0.358. The van der Waals surface area contributed by atoms with E-state index in [-0.39, 0.29) is 18.3 Å². The first-order chi connectivity index (χ1) is 10.3. The van der Waals surface area contributed by atoms with Crippen LogP contribution in [0.2, 0.25) is 0 Å². The van der Waals surface area contributed by atoms with Crippen LogP contribution < -0.4 is 5.46 Å². The minimum Gasteiger partial charge on any atom is -0.399 e. The van der Waals surface area contributed by atoms with Gasteiger partial charge in [-0.25, -0.2) is 0 Å². The zero-order valence-corrected chi connectivity index (χ0v) is 14.0. The van der Waals surface area contributed by atoms with Gasteiger partial charge < -0.3 is 9.31 Å². The Morgan fingerprint density at radius 2 is 1.82 bits per heavy atom. The quantitative estimate of drug-likeness (QED) is 0.784. The molecular weight excluding hydrogens is 275 g/mol. The number of hydrogen-bond acceptors (Lipinski definition) is 3. The maximum atomic E-state index is 12.0. The Kier molecular flexibility index (Phi) is 3.94. The predicted molar refractivity (Wildman–Crippen MR) is 88.2 cm³/mol. The van der Waals surface area contributed by atoms with Gasteiger partial charge in [-0.3, -0.25) is 4.79 Å². The van der Waals surface area contributed by atoms with Gasteiger partial charge in [-0.2, -0.15) is 0 Å². The average molecular weight is 300 g/mol. The molecule has 1 heterocycles. The van der Waals surface area contributed by atoms with Crippen molar-refractivity contribution in [2.75, 3.05) is 0 Å². The van der Waals surface area contributed by atoms with E-state index in [1.54, 1.807) is 0 Å². The predicted octanol–water partition coefficient (Wildman–Crippen LogP) is 2.90. The lowest BCUT2D eigenvalue weighted by Gasteiger charge is -2.32. The molecule has 0 aromatic heterocycles. The number of carbonyl (C=O) groups is 1. The molecular formula is C18H25BO3.